The van der Waals surface area contributed by atoms with Crippen LogP contribution in [-0.2, 0) is 6.42 Å². The number of nitrogens with one attached hydrogen (secondary N) is 1. The van der Waals surface area contributed by atoms with Crippen molar-refractivity contribution < 1.29 is 29.0 Å². The monoisotopic (exact) mass is 433 g/mol. The van der Waals surface area contributed by atoms with Crippen molar-refractivity contribution in [3.05, 3.63) is 99.2 Å². The highest BCUT2D eigenvalue weighted by molar-refractivity contribution is 6.25. The Morgan fingerprint density at radius 3 is 2.50 bits per heavy atom. The van der Waals surface area contributed by atoms with Crippen molar-refractivity contribution in [2.24, 2.45) is 0 Å². The van der Waals surface area contributed by atoms with Crippen molar-refractivity contribution in [2.45, 2.75) is 12.5 Å². The minimum atomic E-state index is -0.698. The zero-order valence-corrected chi connectivity index (χ0v) is 17.0. The van der Waals surface area contributed by atoms with Crippen LogP contribution in [0.25, 0.3) is 0 Å². The van der Waals surface area contributed by atoms with E-state index in [2.05, 4.69) is 5.32 Å². The molecule has 3 N–H and O–H groups in total. The van der Waals surface area contributed by atoms with Crippen LogP contribution >= 0.6 is 0 Å². The zero-order valence-electron chi connectivity index (χ0n) is 17.0. The van der Waals surface area contributed by atoms with Gasteiger partial charge in [-0.25, -0.2) is 4.79 Å². The lowest BCUT2D eigenvalue weighted by Crippen LogP contribution is -2.31. The number of rotatable bonds is 6. The normalized spacial score (nSPS) is 13.8. The van der Waals surface area contributed by atoms with E-state index in [-0.39, 0.29) is 34.1 Å². The first-order valence-corrected chi connectivity index (χ1v) is 9.72. The third kappa shape index (κ3) is 4.11. The van der Waals surface area contributed by atoms with Gasteiger partial charge in [-0.1, -0.05) is 30.3 Å². The molecule has 1 aliphatic carbocycles. The number of carbonyl (C=O) groups is 2. The fourth-order valence-electron chi connectivity index (χ4n) is 3.59. The molecule has 8 nitrogen and oxygen atoms in total. The Hall–Kier alpha value is -4.33. The number of ether oxygens (including phenoxy) is 1. The Morgan fingerprint density at radius 2 is 1.78 bits per heavy atom. The summed E-state index contributed by atoms with van der Waals surface area (Å²) in [4.78, 5) is 37.7. The van der Waals surface area contributed by atoms with Crippen LogP contribution in [0.3, 0.4) is 0 Å². The van der Waals surface area contributed by atoms with Crippen molar-refractivity contribution in [1.29, 1.82) is 0 Å². The van der Waals surface area contributed by atoms with E-state index in [0.717, 1.165) is 23.8 Å². The molecule has 32 heavy (non-hydrogen) atoms. The summed E-state index contributed by atoms with van der Waals surface area (Å²) in [5, 5.41) is 22.8. The van der Waals surface area contributed by atoms with Gasteiger partial charge in [0.2, 0.25) is 5.78 Å². The highest BCUT2D eigenvalue weighted by atomic mass is 16.5. The summed E-state index contributed by atoms with van der Waals surface area (Å²) in [6.07, 6.45) is 1.41. The van der Waals surface area contributed by atoms with Gasteiger partial charge in [-0.15, -0.1) is 0 Å². The molecule has 1 atom stereocenters. The fraction of sp³-hybridized carbons (Fsp3) is 0.125. The topological polar surface area (TPSA) is 126 Å². The van der Waals surface area contributed by atoms with Gasteiger partial charge in [0.25, 0.3) is 0 Å². The molecular weight excluding hydrogens is 414 g/mol. The SMILES string of the molecule is COc1cc([C@H](Cc2ccccc2)NC2=CC(=O)c3c(O)cc(O)cc3C2=O)oc(=O)c1. The molecule has 0 radical (unpaired) electrons. The summed E-state index contributed by atoms with van der Waals surface area (Å²) in [7, 11) is 1.42. The molecular formula is C24H19NO7. The molecule has 0 unspecified atom stereocenters. The number of hydrogen-bond acceptors (Lipinski definition) is 8. The standard InChI is InChI=1S/C24H19NO7/c1-31-15-10-21(32-22(29)11-15)17(7-13-5-3-2-4-6-13)25-18-12-20(28)23-16(24(18)30)8-14(26)9-19(23)27/h2-6,8-12,17,25-27H,7H2,1H3/t17-/m0/s1. The Kier molecular flexibility index (Phi) is 5.51. The lowest BCUT2D eigenvalue weighted by atomic mass is 9.90. The highest BCUT2D eigenvalue weighted by Crippen LogP contribution is 2.33. The maximum Gasteiger partial charge on any atom is 0.339 e. The predicted molar refractivity (Wildman–Crippen MR) is 114 cm³/mol. The Labute approximate surface area is 182 Å². The largest absolute Gasteiger partial charge is 0.508 e. The van der Waals surface area contributed by atoms with E-state index in [0.29, 0.717) is 6.42 Å². The molecule has 0 spiro atoms. The molecule has 0 saturated carbocycles. The second-order valence-electron chi connectivity index (χ2n) is 7.24. The van der Waals surface area contributed by atoms with Crippen LogP contribution < -0.4 is 15.7 Å². The molecule has 0 saturated heterocycles. The van der Waals surface area contributed by atoms with Crippen molar-refractivity contribution in [1.82, 2.24) is 5.32 Å². The fourth-order valence-corrected chi connectivity index (χ4v) is 3.59. The smallest absolute Gasteiger partial charge is 0.339 e. The van der Waals surface area contributed by atoms with Crippen LogP contribution in [0.2, 0.25) is 0 Å². The number of ketones is 2. The summed E-state index contributed by atoms with van der Waals surface area (Å²) in [6.45, 7) is 0. The van der Waals surface area contributed by atoms with E-state index in [1.54, 1.807) is 0 Å². The minimum Gasteiger partial charge on any atom is -0.508 e. The zero-order chi connectivity index (χ0) is 22.8. The number of methoxy groups -OCH3 is 1. The summed E-state index contributed by atoms with van der Waals surface area (Å²) in [5.74, 6) is -1.50. The molecule has 2 aromatic carbocycles. The number of phenols is 2. The van der Waals surface area contributed by atoms with Gasteiger partial charge < -0.3 is 24.7 Å². The van der Waals surface area contributed by atoms with Crippen LogP contribution in [0.4, 0.5) is 0 Å². The van der Waals surface area contributed by atoms with Gasteiger partial charge in [-0.2, -0.15) is 0 Å². The predicted octanol–water partition coefficient (Wildman–Crippen LogP) is 2.90. The maximum absolute atomic E-state index is 13.1. The Balaban J connectivity index is 1.74. The molecule has 162 valence electrons. The second-order valence-corrected chi connectivity index (χ2v) is 7.24. The average Bonchev–Trinajstić information content (AvgIpc) is 2.76. The van der Waals surface area contributed by atoms with Gasteiger partial charge in [0, 0.05) is 23.8 Å². The molecule has 0 aliphatic heterocycles. The van der Waals surface area contributed by atoms with E-state index in [9.17, 15) is 24.6 Å². The summed E-state index contributed by atoms with van der Waals surface area (Å²) < 4.78 is 10.5. The van der Waals surface area contributed by atoms with Gasteiger partial charge >= 0.3 is 5.63 Å². The average molecular weight is 433 g/mol. The third-order valence-electron chi connectivity index (χ3n) is 5.07. The van der Waals surface area contributed by atoms with Gasteiger partial charge in [0.15, 0.2) is 5.78 Å². The number of fused-ring (bicyclic) bond motifs is 1. The van der Waals surface area contributed by atoms with Crippen LogP contribution in [0.1, 0.15) is 38.1 Å². The van der Waals surface area contributed by atoms with Crippen molar-refractivity contribution >= 4 is 11.6 Å². The van der Waals surface area contributed by atoms with Gasteiger partial charge in [-0.05, 0) is 18.1 Å². The molecule has 4 rings (SSSR count). The lowest BCUT2D eigenvalue weighted by molar-refractivity contribution is 0.0973. The first-order valence-electron chi connectivity index (χ1n) is 9.72. The molecule has 0 bridgehead atoms. The van der Waals surface area contributed by atoms with Gasteiger partial charge in [0.1, 0.15) is 23.0 Å². The van der Waals surface area contributed by atoms with Crippen molar-refractivity contribution in [2.75, 3.05) is 7.11 Å². The molecule has 0 amide bonds. The summed E-state index contributed by atoms with van der Waals surface area (Å²) in [5.41, 5.74) is -0.0893. The maximum atomic E-state index is 13.1. The molecule has 8 heteroatoms. The Morgan fingerprint density at radius 1 is 1.03 bits per heavy atom. The number of carbonyl (C=O) groups excluding carboxylic acids is 2. The quantitative estimate of drug-likeness (QED) is 0.542. The second kappa shape index (κ2) is 8.43. The summed E-state index contributed by atoms with van der Waals surface area (Å²) in [6, 6.07) is 13.5. The molecule has 1 aliphatic rings. The third-order valence-corrected chi connectivity index (χ3v) is 5.07. The molecule has 0 fully saturated rings. The van der Waals surface area contributed by atoms with E-state index in [4.69, 9.17) is 9.15 Å². The van der Waals surface area contributed by atoms with Gasteiger partial charge in [0.05, 0.1) is 30.5 Å². The van der Waals surface area contributed by atoms with Crippen LogP contribution in [-0.4, -0.2) is 28.9 Å². The number of Topliss-reactive ketones (excluding diaryl/α,β-unsaturated/α-hetero) is 1. The van der Waals surface area contributed by atoms with Crippen molar-refractivity contribution in [3.63, 3.8) is 0 Å². The van der Waals surface area contributed by atoms with Crippen LogP contribution in [0.5, 0.6) is 17.2 Å². The number of phenolic OH excluding ortho intramolecular Hbond substituents is 2. The number of aromatic hydroxyl groups is 2. The summed E-state index contributed by atoms with van der Waals surface area (Å²) >= 11 is 0. The molecule has 1 aromatic heterocycles. The molecule has 1 heterocycles. The number of allylic oxidation sites excluding steroid dienone is 2. The van der Waals surface area contributed by atoms with E-state index in [1.165, 1.54) is 19.2 Å². The Bertz CT molecular complexity index is 1290. The van der Waals surface area contributed by atoms with E-state index >= 15 is 0 Å². The first kappa shape index (κ1) is 20.9. The lowest BCUT2D eigenvalue weighted by Gasteiger charge is -2.23. The van der Waals surface area contributed by atoms with E-state index in [1.807, 2.05) is 30.3 Å². The van der Waals surface area contributed by atoms with E-state index < -0.39 is 29.0 Å². The minimum absolute atomic E-state index is 0.0566. The first-order chi connectivity index (χ1) is 15.4. The van der Waals surface area contributed by atoms with Crippen molar-refractivity contribution in [3.8, 4) is 17.2 Å². The number of benzene rings is 2. The number of hydrogen-bond donors (Lipinski definition) is 3. The van der Waals surface area contributed by atoms with Gasteiger partial charge in [-0.3, -0.25) is 9.59 Å². The van der Waals surface area contributed by atoms with Crippen LogP contribution in [0.15, 0.2) is 75.6 Å². The highest BCUT2D eigenvalue weighted by Gasteiger charge is 2.31. The molecule has 3 aromatic rings. The van der Waals surface area contributed by atoms with Crippen LogP contribution in [0, 0.1) is 0 Å².